The van der Waals surface area contributed by atoms with Crippen LogP contribution in [-0.2, 0) is 11.3 Å². The van der Waals surface area contributed by atoms with Gasteiger partial charge in [-0.3, -0.25) is 9.69 Å². The van der Waals surface area contributed by atoms with Crippen molar-refractivity contribution in [2.75, 3.05) is 26.2 Å². The van der Waals surface area contributed by atoms with E-state index in [1.54, 1.807) is 0 Å². The second kappa shape index (κ2) is 6.73. The summed E-state index contributed by atoms with van der Waals surface area (Å²) in [7, 11) is 0. The zero-order chi connectivity index (χ0) is 17.3. The third kappa shape index (κ3) is 4.28. The molecule has 5 nitrogen and oxygen atoms in total. The van der Waals surface area contributed by atoms with Gasteiger partial charge < -0.3 is 9.30 Å². The SMILES string of the molecule is CC(C)(C)CC(=O)N1CCN(Cc2cn3cc(Cl)ccc3n2)CC1. The van der Waals surface area contributed by atoms with E-state index in [2.05, 4.69) is 30.7 Å². The van der Waals surface area contributed by atoms with Gasteiger partial charge in [0.05, 0.1) is 10.7 Å². The number of piperazine rings is 1. The molecule has 0 bridgehead atoms. The van der Waals surface area contributed by atoms with Gasteiger partial charge in [-0.2, -0.15) is 0 Å². The molecule has 3 rings (SSSR count). The standard InChI is InChI=1S/C18H25ClN4O/c1-18(2,3)10-17(24)22-8-6-21(7-9-22)12-15-13-23-11-14(19)4-5-16(23)20-15/h4-5,11,13H,6-10,12H2,1-3H3. The highest BCUT2D eigenvalue weighted by Crippen LogP contribution is 2.20. The van der Waals surface area contributed by atoms with Crippen molar-refractivity contribution in [3.05, 3.63) is 35.2 Å². The zero-order valence-electron chi connectivity index (χ0n) is 14.6. The van der Waals surface area contributed by atoms with Gasteiger partial charge in [0, 0.05) is 51.5 Å². The average Bonchev–Trinajstić information content (AvgIpc) is 2.87. The highest BCUT2D eigenvalue weighted by molar-refractivity contribution is 6.30. The third-order valence-corrected chi connectivity index (χ3v) is 4.48. The van der Waals surface area contributed by atoms with Gasteiger partial charge >= 0.3 is 0 Å². The molecule has 24 heavy (non-hydrogen) atoms. The van der Waals surface area contributed by atoms with Crippen molar-refractivity contribution in [1.29, 1.82) is 0 Å². The van der Waals surface area contributed by atoms with Crippen LogP contribution in [0.2, 0.25) is 5.02 Å². The maximum Gasteiger partial charge on any atom is 0.223 e. The Labute approximate surface area is 148 Å². The first-order valence-electron chi connectivity index (χ1n) is 8.43. The summed E-state index contributed by atoms with van der Waals surface area (Å²) in [4.78, 5) is 21.3. The molecule has 0 spiro atoms. The maximum absolute atomic E-state index is 12.3. The Balaban J connectivity index is 1.55. The van der Waals surface area contributed by atoms with Crippen LogP contribution >= 0.6 is 11.6 Å². The van der Waals surface area contributed by atoms with Crippen molar-refractivity contribution in [3.8, 4) is 0 Å². The number of carbonyl (C=O) groups excluding carboxylic acids is 1. The second-order valence-corrected chi connectivity index (χ2v) is 8.18. The number of hydrogen-bond donors (Lipinski definition) is 0. The summed E-state index contributed by atoms with van der Waals surface area (Å²) in [5.74, 6) is 0.268. The molecule has 2 aromatic rings. The minimum atomic E-state index is 0.0476. The van der Waals surface area contributed by atoms with Crippen molar-refractivity contribution >= 4 is 23.2 Å². The summed E-state index contributed by atoms with van der Waals surface area (Å²) in [6.07, 6.45) is 4.51. The molecule has 3 heterocycles. The van der Waals surface area contributed by atoms with Gasteiger partial charge in [-0.25, -0.2) is 4.98 Å². The van der Waals surface area contributed by atoms with Gasteiger partial charge in [0.25, 0.3) is 0 Å². The molecule has 0 saturated carbocycles. The van der Waals surface area contributed by atoms with Crippen LogP contribution in [0.15, 0.2) is 24.5 Å². The first kappa shape index (κ1) is 17.2. The van der Waals surface area contributed by atoms with Crippen LogP contribution in [0.5, 0.6) is 0 Å². The van der Waals surface area contributed by atoms with Crippen molar-refractivity contribution in [2.24, 2.45) is 5.41 Å². The molecule has 6 heteroatoms. The van der Waals surface area contributed by atoms with E-state index in [-0.39, 0.29) is 11.3 Å². The van der Waals surface area contributed by atoms with Crippen molar-refractivity contribution in [2.45, 2.75) is 33.7 Å². The molecular weight excluding hydrogens is 324 g/mol. The van der Waals surface area contributed by atoms with Crippen LogP contribution in [0, 0.1) is 5.41 Å². The first-order valence-corrected chi connectivity index (χ1v) is 8.81. The van der Waals surface area contributed by atoms with Crippen LogP contribution in [0.1, 0.15) is 32.9 Å². The molecule has 1 fully saturated rings. The monoisotopic (exact) mass is 348 g/mol. The lowest BCUT2D eigenvalue weighted by molar-refractivity contribution is -0.134. The zero-order valence-corrected chi connectivity index (χ0v) is 15.4. The molecule has 1 amide bonds. The van der Waals surface area contributed by atoms with Gasteiger partial charge in [-0.15, -0.1) is 0 Å². The number of aromatic nitrogens is 2. The van der Waals surface area contributed by atoms with E-state index in [1.807, 2.05) is 33.8 Å². The van der Waals surface area contributed by atoms with Crippen LogP contribution in [-0.4, -0.2) is 51.3 Å². The molecular formula is C18H25ClN4O. The quantitative estimate of drug-likeness (QED) is 0.856. The number of amides is 1. The summed E-state index contributed by atoms with van der Waals surface area (Å²) in [6.45, 7) is 10.5. The number of nitrogens with zero attached hydrogens (tertiary/aromatic N) is 4. The van der Waals surface area contributed by atoms with Gasteiger partial charge in [0.2, 0.25) is 5.91 Å². The largest absolute Gasteiger partial charge is 0.340 e. The molecule has 0 unspecified atom stereocenters. The number of pyridine rings is 1. The lowest BCUT2D eigenvalue weighted by Crippen LogP contribution is -2.48. The minimum Gasteiger partial charge on any atom is -0.340 e. The van der Waals surface area contributed by atoms with Gasteiger partial charge in [0.15, 0.2) is 0 Å². The Morgan fingerprint density at radius 3 is 2.54 bits per heavy atom. The smallest absolute Gasteiger partial charge is 0.223 e. The lowest BCUT2D eigenvalue weighted by atomic mass is 9.91. The molecule has 1 aliphatic heterocycles. The van der Waals surface area contributed by atoms with E-state index in [0.29, 0.717) is 11.4 Å². The molecule has 0 atom stereocenters. The number of hydrogen-bond acceptors (Lipinski definition) is 3. The summed E-state index contributed by atoms with van der Waals surface area (Å²) in [5, 5.41) is 0.706. The van der Waals surface area contributed by atoms with E-state index in [1.165, 1.54) is 0 Å². The lowest BCUT2D eigenvalue weighted by Gasteiger charge is -2.35. The summed E-state index contributed by atoms with van der Waals surface area (Å²) >= 11 is 6.01. The fourth-order valence-electron chi connectivity index (χ4n) is 3.04. The summed E-state index contributed by atoms with van der Waals surface area (Å²) in [5.41, 5.74) is 1.99. The molecule has 0 aromatic carbocycles. The number of rotatable bonds is 3. The highest BCUT2D eigenvalue weighted by Gasteiger charge is 2.25. The van der Waals surface area contributed by atoms with Crippen molar-refractivity contribution < 1.29 is 4.79 Å². The van der Waals surface area contributed by atoms with E-state index in [9.17, 15) is 4.79 Å². The summed E-state index contributed by atoms with van der Waals surface area (Å²) in [6, 6.07) is 3.78. The normalized spacial score (nSPS) is 16.8. The second-order valence-electron chi connectivity index (χ2n) is 7.74. The predicted molar refractivity (Wildman–Crippen MR) is 96.1 cm³/mol. The van der Waals surface area contributed by atoms with Gasteiger partial charge in [0.1, 0.15) is 5.65 Å². The number of imidazole rings is 1. The molecule has 1 aliphatic rings. The summed E-state index contributed by atoms with van der Waals surface area (Å²) < 4.78 is 1.96. The van der Waals surface area contributed by atoms with Gasteiger partial charge in [-0.1, -0.05) is 32.4 Å². The van der Waals surface area contributed by atoms with E-state index >= 15 is 0 Å². The maximum atomic E-state index is 12.3. The number of fused-ring (bicyclic) bond motifs is 1. The van der Waals surface area contributed by atoms with E-state index in [0.717, 1.165) is 44.1 Å². The van der Waals surface area contributed by atoms with Crippen LogP contribution in [0.4, 0.5) is 0 Å². The van der Waals surface area contributed by atoms with E-state index < -0.39 is 0 Å². The first-order chi connectivity index (χ1) is 11.3. The molecule has 0 radical (unpaired) electrons. The topological polar surface area (TPSA) is 40.9 Å². The fraction of sp³-hybridized carbons (Fsp3) is 0.556. The predicted octanol–water partition coefficient (Wildman–Crippen LogP) is 3.07. The van der Waals surface area contributed by atoms with E-state index in [4.69, 9.17) is 11.6 Å². The fourth-order valence-corrected chi connectivity index (χ4v) is 3.21. The molecule has 130 valence electrons. The molecule has 2 aromatic heterocycles. The third-order valence-electron chi connectivity index (χ3n) is 4.26. The Hall–Kier alpha value is -1.59. The van der Waals surface area contributed by atoms with Crippen LogP contribution in [0.25, 0.3) is 5.65 Å². The van der Waals surface area contributed by atoms with Crippen molar-refractivity contribution in [3.63, 3.8) is 0 Å². The van der Waals surface area contributed by atoms with Gasteiger partial charge in [-0.05, 0) is 17.5 Å². The number of halogens is 1. The Morgan fingerprint density at radius 2 is 1.88 bits per heavy atom. The van der Waals surface area contributed by atoms with Crippen molar-refractivity contribution in [1.82, 2.24) is 19.2 Å². The Morgan fingerprint density at radius 1 is 1.17 bits per heavy atom. The van der Waals surface area contributed by atoms with Crippen LogP contribution < -0.4 is 0 Å². The highest BCUT2D eigenvalue weighted by atomic mass is 35.5. The van der Waals surface area contributed by atoms with Crippen LogP contribution in [0.3, 0.4) is 0 Å². The minimum absolute atomic E-state index is 0.0476. The Bertz CT molecular complexity index is 726. The Kier molecular flexibility index (Phi) is 4.83. The molecule has 0 N–H and O–H groups in total. The average molecular weight is 349 g/mol. The molecule has 1 saturated heterocycles. The number of carbonyl (C=O) groups is 1. The molecule has 0 aliphatic carbocycles.